The lowest BCUT2D eigenvalue weighted by Crippen LogP contribution is -2.31. The third-order valence-electron chi connectivity index (χ3n) is 5.10. The summed E-state index contributed by atoms with van der Waals surface area (Å²) in [6, 6.07) is 16.8. The zero-order valence-electron chi connectivity index (χ0n) is 17.0. The number of fused-ring (bicyclic) bond motifs is 2. The van der Waals surface area contributed by atoms with E-state index in [4.69, 9.17) is 4.42 Å². The molecule has 0 aliphatic rings. The number of H-pyrrole nitrogens is 1. The van der Waals surface area contributed by atoms with Gasteiger partial charge in [0.25, 0.3) is 0 Å². The quantitative estimate of drug-likeness (QED) is 0.387. The van der Waals surface area contributed by atoms with E-state index >= 15 is 0 Å². The van der Waals surface area contributed by atoms with E-state index in [2.05, 4.69) is 30.8 Å². The van der Waals surface area contributed by atoms with E-state index in [0.29, 0.717) is 17.3 Å². The highest BCUT2D eigenvalue weighted by molar-refractivity contribution is 5.97. The number of carbonyl (C=O) groups excluding carboxylic acids is 1. The molecule has 3 N–H and O–H groups in total. The molecule has 8 nitrogen and oxygen atoms in total. The van der Waals surface area contributed by atoms with Gasteiger partial charge in [0, 0.05) is 30.1 Å². The van der Waals surface area contributed by atoms with Crippen LogP contribution in [0.2, 0.25) is 0 Å². The van der Waals surface area contributed by atoms with E-state index in [1.165, 1.54) is 0 Å². The van der Waals surface area contributed by atoms with Gasteiger partial charge < -0.3 is 9.73 Å². The first-order valence-corrected chi connectivity index (χ1v) is 9.91. The summed E-state index contributed by atoms with van der Waals surface area (Å²) in [5.41, 5.74) is 4.96. The first-order chi connectivity index (χ1) is 15.1. The maximum Gasteiger partial charge on any atom is 0.320 e. The Morgan fingerprint density at radius 3 is 2.81 bits per heavy atom. The normalized spacial score (nSPS) is 12.2. The number of nitrogens with zero attached hydrogens (tertiary/aromatic N) is 3. The lowest BCUT2D eigenvalue weighted by molar-refractivity contribution is 0.249. The lowest BCUT2D eigenvalue weighted by atomic mass is 10.1. The number of urea groups is 1. The van der Waals surface area contributed by atoms with Gasteiger partial charge in [0.1, 0.15) is 17.0 Å². The Morgan fingerprint density at radius 1 is 1.13 bits per heavy atom. The number of benzene rings is 2. The molecular weight excluding hydrogens is 392 g/mol. The van der Waals surface area contributed by atoms with Crippen molar-refractivity contribution in [2.24, 2.45) is 0 Å². The third kappa shape index (κ3) is 3.71. The fourth-order valence-corrected chi connectivity index (χ4v) is 3.56. The third-order valence-corrected chi connectivity index (χ3v) is 5.10. The van der Waals surface area contributed by atoms with Gasteiger partial charge in [-0.1, -0.05) is 36.4 Å². The molecule has 8 heteroatoms. The van der Waals surface area contributed by atoms with Crippen LogP contribution in [0.15, 0.2) is 65.2 Å². The molecule has 0 saturated carbocycles. The van der Waals surface area contributed by atoms with Crippen LogP contribution < -0.4 is 10.6 Å². The van der Waals surface area contributed by atoms with Crippen LogP contribution >= 0.6 is 0 Å². The molecule has 0 bridgehead atoms. The molecule has 0 radical (unpaired) electrons. The molecule has 0 aliphatic heterocycles. The van der Waals surface area contributed by atoms with Gasteiger partial charge in [-0.25, -0.2) is 14.8 Å². The lowest BCUT2D eigenvalue weighted by Gasteiger charge is -2.14. The first-order valence-electron chi connectivity index (χ1n) is 9.91. The molecule has 5 rings (SSSR count). The number of hydrogen-bond donors (Lipinski definition) is 3. The van der Waals surface area contributed by atoms with Crippen molar-refractivity contribution in [1.82, 2.24) is 25.5 Å². The second-order valence-corrected chi connectivity index (χ2v) is 7.33. The Kier molecular flexibility index (Phi) is 4.59. The Labute approximate surface area is 177 Å². The molecule has 0 spiro atoms. The molecule has 0 aliphatic carbocycles. The highest BCUT2D eigenvalue weighted by atomic mass is 16.3. The van der Waals surface area contributed by atoms with Gasteiger partial charge in [0.05, 0.1) is 11.6 Å². The van der Waals surface area contributed by atoms with E-state index in [1.54, 1.807) is 12.3 Å². The number of pyridine rings is 1. The summed E-state index contributed by atoms with van der Waals surface area (Å²) in [6.07, 6.45) is 1.69. The van der Waals surface area contributed by atoms with Crippen LogP contribution in [0.5, 0.6) is 0 Å². The summed E-state index contributed by atoms with van der Waals surface area (Å²) in [5.74, 6) is 1.05. The van der Waals surface area contributed by atoms with Crippen molar-refractivity contribution in [2.75, 3.05) is 5.32 Å². The summed E-state index contributed by atoms with van der Waals surface area (Å²) in [5, 5.41) is 14.0. The molecule has 3 heterocycles. The molecule has 0 fully saturated rings. The largest absolute Gasteiger partial charge is 0.441 e. The highest BCUT2D eigenvalue weighted by Gasteiger charge is 2.14. The Balaban J connectivity index is 1.35. The highest BCUT2D eigenvalue weighted by Crippen LogP contribution is 2.29. The SMILES string of the molecule is Cc1nc2ccc(-c3n[nH]c4cc(NC(=O)NC(C)c5ccccc5)ncc34)cc2o1. The zero-order chi connectivity index (χ0) is 21.4. The topological polar surface area (TPSA) is 109 Å². The van der Waals surface area contributed by atoms with Gasteiger partial charge in [-0.2, -0.15) is 5.10 Å². The fraction of sp³-hybridized carbons (Fsp3) is 0.130. The average molecular weight is 412 g/mol. The van der Waals surface area contributed by atoms with Crippen LogP contribution in [-0.2, 0) is 0 Å². The zero-order valence-corrected chi connectivity index (χ0v) is 17.0. The monoisotopic (exact) mass is 412 g/mol. The summed E-state index contributed by atoms with van der Waals surface area (Å²) in [4.78, 5) is 21.1. The average Bonchev–Trinajstić information content (AvgIpc) is 3.35. The second kappa shape index (κ2) is 7.56. The molecule has 1 atom stereocenters. The molecule has 5 aromatic rings. The molecule has 2 aromatic carbocycles. The van der Waals surface area contributed by atoms with Crippen LogP contribution in [-0.4, -0.2) is 26.2 Å². The number of aromatic amines is 1. The number of carbonyl (C=O) groups is 1. The molecule has 31 heavy (non-hydrogen) atoms. The minimum Gasteiger partial charge on any atom is -0.441 e. The molecule has 3 aromatic heterocycles. The first kappa shape index (κ1) is 18.8. The molecule has 154 valence electrons. The van der Waals surface area contributed by atoms with Gasteiger partial charge in [-0.3, -0.25) is 10.4 Å². The van der Waals surface area contributed by atoms with Crippen molar-refractivity contribution < 1.29 is 9.21 Å². The van der Waals surface area contributed by atoms with Crippen molar-refractivity contribution in [1.29, 1.82) is 0 Å². The molecule has 0 saturated heterocycles. The summed E-state index contributed by atoms with van der Waals surface area (Å²) in [6.45, 7) is 3.75. The summed E-state index contributed by atoms with van der Waals surface area (Å²) < 4.78 is 5.63. The van der Waals surface area contributed by atoms with E-state index in [1.807, 2.05) is 62.4 Å². The van der Waals surface area contributed by atoms with E-state index < -0.39 is 0 Å². The van der Waals surface area contributed by atoms with Crippen LogP contribution in [0.3, 0.4) is 0 Å². The van der Waals surface area contributed by atoms with Gasteiger partial charge >= 0.3 is 6.03 Å². The van der Waals surface area contributed by atoms with Crippen molar-refractivity contribution in [3.63, 3.8) is 0 Å². The van der Waals surface area contributed by atoms with Crippen LogP contribution in [0.1, 0.15) is 24.4 Å². The Bertz CT molecular complexity index is 1390. The minimum atomic E-state index is -0.325. The standard InChI is InChI=1S/C23H20N6O2/c1-13(15-6-4-3-5-7-15)25-23(30)27-21-11-19-17(12-24-21)22(29-28-19)16-8-9-18-20(10-16)31-14(2)26-18/h3-13H,1-2H3,(H,28,29)(H2,24,25,27,30). The van der Waals surface area contributed by atoms with Gasteiger partial charge in [-0.05, 0) is 24.6 Å². The van der Waals surface area contributed by atoms with Crippen LogP contribution in [0, 0.1) is 6.92 Å². The Morgan fingerprint density at radius 2 is 1.97 bits per heavy atom. The maximum absolute atomic E-state index is 12.4. The van der Waals surface area contributed by atoms with Crippen molar-refractivity contribution in [3.8, 4) is 11.3 Å². The number of anilines is 1. The summed E-state index contributed by atoms with van der Waals surface area (Å²) >= 11 is 0. The number of aromatic nitrogens is 4. The fourth-order valence-electron chi connectivity index (χ4n) is 3.56. The predicted molar refractivity (Wildman–Crippen MR) is 119 cm³/mol. The van der Waals surface area contributed by atoms with Crippen LogP contribution in [0.25, 0.3) is 33.3 Å². The number of nitrogens with one attached hydrogen (secondary N) is 3. The van der Waals surface area contributed by atoms with E-state index in [9.17, 15) is 4.79 Å². The van der Waals surface area contributed by atoms with Gasteiger partial charge in [0.2, 0.25) is 0 Å². The van der Waals surface area contributed by atoms with Crippen molar-refractivity contribution in [3.05, 3.63) is 72.2 Å². The number of oxazole rings is 1. The minimum absolute atomic E-state index is 0.127. The van der Waals surface area contributed by atoms with E-state index in [0.717, 1.165) is 33.2 Å². The number of aryl methyl sites for hydroxylation is 1. The second-order valence-electron chi connectivity index (χ2n) is 7.33. The smallest absolute Gasteiger partial charge is 0.320 e. The summed E-state index contributed by atoms with van der Waals surface area (Å²) in [7, 11) is 0. The molecular formula is C23H20N6O2. The van der Waals surface area contributed by atoms with Gasteiger partial charge in [0.15, 0.2) is 11.5 Å². The van der Waals surface area contributed by atoms with Crippen molar-refractivity contribution in [2.45, 2.75) is 19.9 Å². The van der Waals surface area contributed by atoms with Gasteiger partial charge in [-0.15, -0.1) is 0 Å². The molecule has 1 unspecified atom stereocenters. The van der Waals surface area contributed by atoms with Crippen LogP contribution in [0.4, 0.5) is 10.6 Å². The Hall–Kier alpha value is -4.20. The number of amides is 2. The predicted octanol–water partition coefficient (Wildman–Crippen LogP) is 4.96. The maximum atomic E-state index is 12.4. The molecule has 2 amide bonds. The van der Waals surface area contributed by atoms with E-state index in [-0.39, 0.29) is 12.1 Å². The van der Waals surface area contributed by atoms with Crippen molar-refractivity contribution >= 4 is 33.9 Å². The number of rotatable bonds is 4. The number of hydrogen-bond acceptors (Lipinski definition) is 5.